The predicted molar refractivity (Wildman–Crippen MR) is 57.9 cm³/mol. The Hall–Kier alpha value is -1.25. The summed E-state index contributed by atoms with van der Waals surface area (Å²) in [6, 6.07) is 0. The van der Waals surface area contributed by atoms with Crippen molar-refractivity contribution in [3.05, 3.63) is 27.5 Å². The second kappa shape index (κ2) is 5.81. The molecule has 0 amide bonds. The first-order chi connectivity index (χ1) is 8.70. The quantitative estimate of drug-likeness (QED) is 0.613. The molecule has 106 valence electrons. The molecular weight excluding hydrogens is 341 g/mol. The number of ether oxygens (including phenoxy) is 1. The van der Waals surface area contributed by atoms with Crippen molar-refractivity contribution in [2.75, 3.05) is 6.61 Å². The number of hydrogen-bond acceptors (Lipinski definition) is 3. The average Bonchev–Trinajstić information content (AvgIpc) is 2.26. The fourth-order valence-electron chi connectivity index (χ4n) is 1.34. The van der Waals surface area contributed by atoms with Crippen LogP contribution in [0.3, 0.4) is 0 Å². The SMILES string of the molecule is CCOC(=O)c1c(C(F)(F)F)ncc(Br)c1C(F)F. The molecule has 0 saturated heterocycles. The van der Waals surface area contributed by atoms with Gasteiger partial charge in [-0.3, -0.25) is 0 Å². The first-order valence-electron chi connectivity index (χ1n) is 4.91. The van der Waals surface area contributed by atoms with E-state index in [4.69, 9.17) is 0 Å². The standard InChI is InChI=1S/C10H7BrF5NO2/c1-2-19-9(18)6-5(8(12)13)4(11)3-17-7(6)10(14,15)16/h3,8H,2H2,1H3. The van der Waals surface area contributed by atoms with Crippen molar-refractivity contribution in [2.45, 2.75) is 19.5 Å². The molecule has 0 aromatic carbocycles. The van der Waals surface area contributed by atoms with Gasteiger partial charge in [0.1, 0.15) is 5.56 Å². The van der Waals surface area contributed by atoms with Gasteiger partial charge in [-0.15, -0.1) is 0 Å². The third-order valence-electron chi connectivity index (χ3n) is 2.04. The van der Waals surface area contributed by atoms with Crippen LogP contribution in [0.1, 0.15) is 35.0 Å². The molecule has 1 aromatic heterocycles. The minimum absolute atomic E-state index is 0.245. The number of carbonyl (C=O) groups excluding carboxylic acids is 1. The zero-order valence-electron chi connectivity index (χ0n) is 9.39. The first-order valence-corrected chi connectivity index (χ1v) is 5.70. The largest absolute Gasteiger partial charge is 0.462 e. The molecule has 0 aliphatic carbocycles. The molecule has 0 aliphatic heterocycles. The molecule has 19 heavy (non-hydrogen) atoms. The van der Waals surface area contributed by atoms with E-state index in [0.29, 0.717) is 6.20 Å². The molecule has 1 aromatic rings. The summed E-state index contributed by atoms with van der Waals surface area (Å²) in [5.41, 5.74) is -4.04. The number of nitrogens with zero attached hydrogens (tertiary/aromatic N) is 1. The molecule has 0 fully saturated rings. The predicted octanol–water partition coefficient (Wildman–Crippen LogP) is 3.98. The zero-order valence-corrected chi connectivity index (χ0v) is 11.0. The topological polar surface area (TPSA) is 39.2 Å². The molecule has 0 saturated carbocycles. The van der Waals surface area contributed by atoms with Crippen molar-refractivity contribution in [1.29, 1.82) is 0 Å². The van der Waals surface area contributed by atoms with Crippen LogP contribution in [0.25, 0.3) is 0 Å². The fourth-order valence-corrected chi connectivity index (χ4v) is 1.81. The van der Waals surface area contributed by atoms with Gasteiger partial charge < -0.3 is 4.74 Å². The van der Waals surface area contributed by atoms with Gasteiger partial charge in [0.15, 0.2) is 5.69 Å². The average molecular weight is 348 g/mol. The Bertz CT molecular complexity index is 490. The lowest BCUT2D eigenvalue weighted by molar-refractivity contribution is -0.141. The van der Waals surface area contributed by atoms with E-state index in [1.807, 2.05) is 0 Å². The molecule has 3 nitrogen and oxygen atoms in total. The van der Waals surface area contributed by atoms with Gasteiger partial charge in [-0.25, -0.2) is 18.6 Å². The lowest BCUT2D eigenvalue weighted by Gasteiger charge is -2.15. The highest BCUT2D eigenvalue weighted by Crippen LogP contribution is 2.38. The molecule has 0 bridgehead atoms. The van der Waals surface area contributed by atoms with Crippen LogP contribution in [0.5, 0.6) is 0 Å². The van der Waals surface area contributed by atoms with Crippen LogP contribution in [-0.2, 0) is 10.9 Å². The highest BCUT2D eigenvalue weighted by atomic mass is 79.9. The number of hydrogen-bond donors (Lipinski definition) is 0. The molecule has 0 unspecified atom stereocenters. The van der Waals surface area contributed by atoms with Gasteiger partial charge in [0.25, 0.3) is 6.43 Å². The number of carbonyl (C=O) groups is 1. The summed E-state index contributed by atoms with van der Waals surface area (Å²) >= 11 is 2.65. The summed E-state index contributed by atoms with van der Waals surface area (Å²) in [5.74, 6) is -1.49. The maximum absolute atomic E-state index is 12.8. The number of alkyl halides is 5. The smallest absolute Gasteiger partial charge is 0.434 e. The normalized spacial score (nSPS) is 11.8. The molecule has 0 N–H and O–H groups in total. The maximum Gasteiger partial charge on any atom is 0.434 e. The van der Waals surface area contributed by atoms with Gasteiger partial charge in [0.05, 0.1) is 12.2 Å². The summed E-state index contributed by atoms with van der Waals surface area (Å²) in [7, 11) is 0. The minimum atomic E-state index is -5.04. The van der Waals surface area contributed by atoms with Gasteiger partial charge in [-0.05, 0) is 22.9 Å². The van der Waals surface area contributed by atoms with Crippen LogP contribution in [-0.4, -0.2) is 17.6 Å². The molecule has 0 aliphatic rings. The number of esters is 1. The Morgan fingerprint density at radius 1 is 1.47 bits per heavy atom. The highest BCUT2D eigenvalue weighted by Gasteiger charge is 2.41. The van der Waals surface area contributed by atoms with Crippen molar-refractivity contribution < 1.29 is 31.5 Å². The van der Waals surface area contributed by atoms with E-state index in [-0.39, 0.29) is 6.61 Å². The Morgan fingerprint density at radius 3 is 2.47 bits per heavy atom. The van der Waals surface area contributed by atoms with E-state index >= 15 is 0 Å². The van der Waals surface area contributed by atoms with Gasteiger partial charge in [-0.2, -0.15) is 13.2 Å². The fraction of sp³-hybridized carbons (Fsp3) is 0.400. The monoisotopic (exact) mass is 347 g/mol. The van der Waals surface area contributed by atoms with Crippen molar-refractivity contribution in [1.82, 2.24) is 4.98 Å². The van der Waals surface area contributed by atoms with Gasteiger partial charge >= 0.3 is 12.1 Å². The van der Waals surface area contributed by atoms with E-state index in [1.54, 1.807) is 0 Å². The molecule has 0 atom stereocenters. The number of aromatic nitrogens is 1. The van der Waals surface area contributed by atoms with Crippen molar-refractivity contribution in [3.63, 3.8) is 0 Å². The van der Waals surface area contributed by atoms with E-state index in [2.05, 4.69) is 25.7 Å². The van der Waals surface area contributed by atoms with Crippen LogP contribution in [0.4, 0.5) is 22.0 Å². The number of rotatable bonds is 3. The van der Waals surface area contributed by atoms with Crippen LogP contribution in [0, 0.1) is 0 Å². The Morgan fingerprint density at radius 2 is 2.05 bits per heavy atom. The van der Waals surface area contributed by atoms with E-state index in [1.165, 1.54) is 6.92 Å². The summed E-state index contributed by atoms with van der Waals surface area (Å²) < 4.78 is 67.7. The van der Waals surface area contributed by atoms with Crippen molar-refractivity contribution in [2.24, 2.45) is 0 Å². The maximum atomic E-state index is 12.8. The summed E-state index contributed by atoms with van der Waals surface area (Å²) in [6.45, 7) is 1.10. The van der Waals surface area contributed by atoms with E-state index < -0.39 is 39.9 Å². The molecule has 0 spiro atoms. The second-order valence-electron chi connectivity index (χ2n) is 3.26. The molecule has 9 heteroatoms. The molecule has 0 radical (unpaired) electrons. The zero-order chi connectivity index (χ0) is 14.8. The first kappa shape index (κ1) is 15.8. The molecule has 1 heterocycles. The van der Waals surface area contributed by atoms with Gasteiger partial charge in [-0.1, -0.05) is 0 Å². The van der Waals surface area contributed by atoms with Gasteiger partial charge in [0, 0.05) is 10.7 Å². The van der Waals surface area contributed by atoms with Crippen LogP contribution in [0.15, 0.2) is 10.7 Å². The summed E-state index contributed by atoms with van der Waals surface area (Å²) in [4.78, 5) is 14.5. The number of halogens is 6. The molecular formula is C10H7BrF5NO2. The third kappa shape index (κ3) is 3.40. The Kier molecular flexibility index (Phi) is 4.83. The van der Waals surface area contributed by atoms with Crippen molar-refractivity contribution in [3.8, 4) is 0 Å². The second-order valence-corrected chi connectivity index (χ2v) is 4.12. The van der Waals surface area contributed by atoms with Crippen LogP contribution >= 0.6 is 15.9 Å². The molecule has 1 rings (SSSR count). The summed E-state index contributed by atoms with van der Waals surface area (Å²) in [5, 5.41) is 0. The van der Waals surface area contributed by atoms with E-state index in [9.17, 15) is 26.7 Å². The van der Waals surface area contributed by atoms with Crippen molar-refractivity contribution >= 4 is 21.9 Å². The van der Waals surface area contributed by atoms with Crippen LogP contribution in [0.2, 0.25) is 0 Å². The Labute approximate surface area is 112 Å². The lowest BCUT2D eigenvalue weighted by atomic mass is 10.1. The Balaban J connectivity index is 3.59. The summed E-state index contributed by atoms with van der Waals surface area (Å²) in [6.07, 6.45) is -7.74. The van der Waals surface area contributed by atoms with E-state index in [0.717, 1.165) is 0 Å². The number of pyridine rings is 1. The van der Waals surface area contributed by atoms with Crippen LogP contribution < -0.4 is 0 Å². The lowest BCUT2D eigenvalue weighted by Crippen LogP contribution is -2.20. The highest BCUT2D eigenvalue weighted by molar-refractivity contribution is 9.10. The minimum Gasteiger partial charge on any atom is -0.462 e. The third-order valence-corrected chi connectivity index (χ3v) is 2.67. The van der Waals surface area contributed by atoms with Gasteiger partial charge in [0.2, 0.25) is 0 Å².